The maximum absolute atomic E-state index is 6.02. The highest BCUT2D eigenvalue weighted by atomic mass is 79.9. The predicted molar refractivity (Wildman–Crippen MR) is 83.5 cm³/mol. The molecule has 1 heterocycles. The first-order valence-electron chi connectivity index (χ1n) is 6.55. The number of nitrogen functional groups attached to an aromatic ring is 1. The monoisotopic (exact) mass is 333 g/mol. The minimum atomic E-state index is 0.258. The summed E-state index contributed by atoms with van der Waals surface area (Å²) in [5, 5.41) is 0. The Kier molecular flexibility index (Phi) is 3.57. The van der Waals surface area contributed by atoms with Crippen molar-refractivity contribution in [3.63, 3.8) is 0 Å². The lowest BCUT2D eigenvalue weighted by molar-refractivity contribution is 0.248. The third-order valence-corrected chi connectivity index (χ3v) is 3.95. The fraction of sp³-hybridized carbons (Fsp3) is 0.250. The molecule has 0 saturated heterocycles. The molecule has 0 fully saturated rings. The minimum absolute atomic E-state index is 0.258. The zero-order valence-corrected chi connectivity index (χ0v) is 12.8. The van der Waals surface area contributed by atoms with Crippen LogP contribution in [0.1, 0.15) is 17.0 Å². The molecule has 0 aromatic heterocycles. The maximum atomic E-state index is 6.02. The number of anilines is 1. The van der Waals surface area contributed by atoms with Gasteiger partial charge in [-0.3, -0.25) is 0 Å². The van der Waals surface area contributed by atoms with Gasteiger partial charge in [-0.1, -0.05) is 34.1 Å². The van der Waals surface area contributed by atoms with Crippen molar-refractivity contribution >= 4 is 21.6 Å². The summed E-state index contributed by atoms with van der Waals surface area (Å²) in [6.07, 6.45) is 0. The van der Waals surface area contributed by atoms with E-state index in [0.29, 0.717) is 18.9 Å². The smallest absolute Gasteiger partial charge is 0.145 e. The second kappa shape index (κ2) is 5.37. The molecule has 2 N–H and O–H groups in total. The molecule has 20 heavy (non-hydrogen) atoms. The Balaban J connectivity index is 1.76. The summed E-state index contributed by atoms with van der Waals surface area (Å²) in [6.45, 7) is 3.23. The van der Waals surface area contributed by atoms with Crippen molar-refractivity contribution in [3.8, 4) is 11.5 Å². The van der Waals surface area contributed by atoms with Crippen LogP contribution in [0.2, 0.25) is 0 Å². The van der Waals surface area contributed by atoms with E-state index in [9.17, 15) is 0 Å². The van der Waals surface area contributed by atoms with E-state index in [1.165, 1.54) is 5.56 Å². The van der Waals surface area contributed by atoms with Gasteiger partial charge in [-0.2, -0.15) is 0 Å². The molecule has 3 rings (SSSR count). The SMILES string of the molecule is Cc1cc(Br)cc(N)c1OCC1COc2ccccc21. The number of halogens is 1. The predicted octanol–water partition coefficient (Wildman–Crippen LogP) is 3.89. The molecule has 0 aliphatic carbocycles. The number of rotatable bonds is 3. The van der Waals surface area contributed by atoms with Gasteiger partial charge in [0.25, 0.3) is 0 Å². The Morgan fingerprint density at radius 1 is 1.35 bits per heavy atom. The highest BCUT2D eigenvalue weighted by Crippen LogP contribution is 2.35. The quantitative estimate of drug-likeness (QED) is 0.866. The zero-order valence-electron chi connectivity index (χ0n) is 11.2. The van der Waals surface area contributed by atoms with Gasteiger partial charge < -0.3 is 15.2 Å². The van der Waals surface area contributed by atoms with Crippen molar-refractivity contribution in [2.75, 3.05) is 18.9 Å². The van der Waals surface area contributed by atoms with Crippen LogP contribution in [0.25, 0.3) is 0 Å². The van der Waals surface area contributed by atoms with Gasteiger partial charge in [0.15, 0.2) is 0 Å². The summed E-state index contributed by atoms with van der Waals surface area (Å²) in [5.41, 5.74) is 8.91. The first-order valence-corrected chi connectivity index (χ1v) is 7.34. The van der Waals surface area contributed by atoms with E-state index in [0.717, 1.165) is 21.5 Å². The molecule has 0 saturated carbocycles. The van der Waals surface area contributed by atoms with Crippen LogP contribution in [-0.2, 0) is 0 Å². The summed E-state index contributed by atoms with van der Waals surface area (Å²) >= 11 is 3.43. The van der Waals surface area contributed by atoms with E-state index < -0.39 is 0 Å². The Morgan fingerprint density at radius 2 is 2.15 bits per heavy atom. The highest BCUT2D eigenvalue weighted by Gasteiger charge is 2.24. The van der Waals surface area contributed by atoms with Crippen molar-refractivity contribution in [1.82, 2.24) is 0 Å². The van der Waals surface area contributed by atoms with Gasteiger partial charge in [0.05, 0.1) is 24.8 Å². The lowest BCUT2D eigenvalue weighted by Crippen LogP contribution is -2.13. The zero-order chi connectivity index (χ0) is 14.1. The van der Waals surface area contributed by atoms with Crippen LogP contribution < -0.4 is 15.2 Å². The molecule has 0 amide bonds. The molecule has 1 unspecified atom stereocenters. The van der Waals surface area contributed by atoms with Crippen molar-refractivity contribution < 1.29 is 9.47 Å². The highest BCUT2D eigenvalue weighted by molar-refractivity contribution is 9.10. The van der Waals surface area contributed by atoms with Crippen molar-refractivity contribution in [2.24, 2.45) is 0 Å². The van der Waals surface area contributed by atoms with Crippen molar-refractivity contribution in [3.05, 3.63) is 52.0 Å². The van der Waals surface area contributed by atoms with Crippen molar-refractivity contribution in [2.45, 2.75) is 12.8 Å². The van der Waals surface area contributed by atoms with Gasteiger partial charge in [0.2, 0.25) is 0 Å². The molecule has 1 atom stereocenters. The number of nitrogens with two attached hydrogens (primary N) is 1. The molecule has 0 spiro atoms. The molecule has 4 heteroatoms. The number of benzene rings is 2. The van der Waals surface area contributed by atoms with Gasteiger partial charge in [-0.25, -0.2) is 0 Å². The number of fused-ring (bicyclic) bond motifs is 1. The molecule has 2 aromatic rings. The maximum Gasteiger partial charge on any atom is 0.145 e. The van der Waals surface area contributed by atoms with Gasteiger partial charge in [-0.05, 0) is 30.7 Å². The van der Waals surface area contributed by atoms with Crippen LogP contribution in [0.4, 0.5) is 5.69 Å². The Labute approximate surface area is 126 Å². The van der Waals surface area contributed by atoms with E-state index in [2.05, 4.69) is 22.0 Å². The number of aryl methyl sites for hydroxylation is 1. The van der Waals surface area contributed by atoms with Crippen molar-refractivity contribution in [1.29, 1.82) is 0 Å². The molecule has 104 valence electrons. The number of ether oxygens (including phenoxy) is 2. The lowest BCUT2D eigenvalue weighted by atomic mass is 10.0. The largest absolute Gasteiger partial charge is 0.493 e. The first kappa shape index (κ1) is 13.3. The lowest BCUT2D eigenvalue weighted by Gasteiger charge is -2.15. The van der Waals surface area contributed by atoms with E-state index in [-0.39, 0.29) is 5.92 Å². The van der Waals surface area contributed by atoms with Crippen LogP contribution >= 0.6 is 15.9 Å². The first-order chi connectivity index (χ1) is 9.65. The van der Waals surface area contributed by atoms with E-state index in [1.54, 1.807) is 0 Å². The van der Waals surface area contributed by atoms with E-state index >= 15 is 0 Å². The Hall–Kier alpha value is -1.68. The Bertz CT molecular complexity index is 619. The van der Waals surface area contributed by atoms with Gasteiger partial charge in [-0.15, -0.1) is 0 Å². The second-order valence-electron chi connectivity index (χ2n) is 5.00. The molecule has 1 aliphatic rings. The third kappa shape index (κ3) is 2.48. The average molecular weight is 334 g/mol. The molecule has 0 radical (unpaired) electrons. The van der Waals surface area contributed by atoms with Crippen LogP contribution in [-0.4, -0.2) is 13.2 Å². The molecule has 1 aliphatic heterocycles. The van der Waals surface area contributed by atoms with Gasteiger partial charge >= 0.3 is 0 Å². The molecule has 2 aromatic carbocycles. The second-order valence-corrected chi connectivity index (χ2v) is 5.91. The fourth-order valence-corrected chi connectivity index (χ4v) is 3.09. The third-order valence-electron chi connectivity index (χ3n) is 3.50. The van der Waals surface area contributed by atoms with E-state index in [4.69, 9.17) is 15.2 Å². The van der Waals surface area contributed by atoms with Gasteiger partial charge in [0, 0.05) is 10.0 Å². The number of hydrogen-bond donors (Lipinski definition) is 1. The van der Waals surface area contributed by atoms with E-state index in [1.807, 2.05) is 37.3 Å². The molecular formula is C16H16BrNO2. The minimum Gasteiger partial charge on any atom is -0.493 e. The molecule has 3 nitrogen and oxygen atoms in total. The fourth-order valence-electron chi connectivity index (χ4n) is 2.50. The summed E-state index contributed by atoms with van der Waals surface area (Å²) < 4.78 is 12.6. The summed E-state index contributed by atoms with van der Waals surface area (Å²) in [5.74, 6) is 1.98. The van der Waals surface area contributed by atoms with Gasteiger partial charge in [0.1, 0.15) is 11.5 Å². The van der Waals surface area contributed by atoms with Crippen LogP contribution in [0.5, 0.6) is 11.5 Å². The number of para-hydroxylation sites is 1. The summed E-state index contributed by atoms with van der Waals surface area (Å²) in [7, 11) is 0. The summed E-state index contributed by atoms with van der Waals surface area (Å²) in [6, 6.07) is 12.0. The average Bonchev–Trinajstić information content (AvgIpc) is 2.81. The standard InChI is InChI=1S/C16H16BrNO2/c1-10-6-12(17)7-14(18)16(10)20-9-11-8-19-15-5-3-2-4-13(11)15/h2-7,11H,8-9,18H2,1H3. The Morgan fingerprint density at radius 3 is 2.95 bits per heavy atom. The van der Waals surface area contributed by atoms with Crippen LogP contribution in [0.15, 0.2) is 40.9 Å². The van der Waals surface area contributed by atoms with Crippen LogP contribution in [0.3, 0.4) is 0 Å². The molecule has 0 bridgehead atoms. The summed E-state index contributed by atoms with van der Waals surface area (Å²) in [4.78, 5) is 0. The normalized spacial score (nSPS) is 16.6. The molecular weight excluding hydrogens is 318 g/mol. The number of hydrogen-bond acceptors (Lipinski definition) is 3. The topological polar surface area (TPSA) is 44.5 Å². The van der Waals surface area contributed by atoms with Crippen LogP contribution in [0, 0.1) is 6.92 Å².